The molecule has 0 amide bonds. The topological polar surface area (TPSA) is 21.1 Å². The molecule has 0 saturated carbocycles. The Morgan fingerprint density at radius 1 is 1.38 bits per heavy atom. The summed E-state index contributed by atoms with van der Waals surface area (Å²) in [5, 5.41) is 0.723. The second-order valence-electron chi connectivity index (χ2n) is 6.26. The van der Waals surface area contributed by atoms with Crippen molar-refractivity contribution in [1.29, 1.82) is 0 Å². The number of alkyl halides is 1. The van der Waals surface area contributed by atoms with Crippen LogP contribution in [0.3, 0.4) is 0 Å². The van der Waals surface area contributed by atoms with Crippen LogP contribution in [0.15, 0.2) is 18.2 Å². The molecule has 0 radical (unpaired) electrons. The number of fused-ring (bicyclic) bond motifs is 1. The molecule has 5 heteroatoms. The summed E-state index contributed by atoms with van der Waals surface area (Å²) >= 11 is 12.2. The monoisotopic (exact) mass is 325 g/mol. The highest BCUT2D eigenvalue weighted by molar-refractivity contribution is 6.31. The molecule has 0 spiro atoms. The highest BCUT2D eigenvalue weighted by atomic mass is 35.5. The molecule has 1 aromatic carbocycles. The van der Waals surface area contributed by atoms with Crippen LogP contribution in [0.4, 0.5) is 0 Å². The first-order valence-electron chi connectivity index (χ1n) is 7.53. The number of aromatic nitrogens is 2. The molecule has 1 aliphatic heterocycles. The van der Waals surface area contributed by atoms with Crippen molar-refractivity contribution in [2.75, 3.05) is 19.6 Å². The van der Waals surface area contributed by atoms with Gasteiger partial charge in [-0.15, -0.1) is 11.6 Å². The number of hydrogen-bond acceptors (Lipinski definition) is 2. The van der Waals surface area contributed by atoms with Gasteiger partial charge in [0.15, 0.2) is 0 Å². The smallest absolute Gasteiger partial charge is 0.125 e. The molecule has 3 nitrogen and oxygen atoms in total. The Balaban J connectivity index is 1.93. The van der Waals surface area contributed by atoms with E-state index >= 15 is 0 Å². The molecule has 1 aromatic heterocycles. The number of benzene rings is 1. The Hall–Kier alpha value is -0.770. The van der Waals surface area contributed by atoms with Gasteiger partial charge < -0.3 is 9.47 Å². The fourth-order valence-corrected chi connectivity index (χ4v) is 3.68. The molecule has 0 aliphatic carbocycles. The molecule has 0 N–H and O–H groups in total. The average molecular weight is 326 g/mol. The largest absolute Gasteiger partial charge is 0.322 e. The number of nitrogens with zero attached hydrogens (tertiary/aromatic N) is 3. The summed E-state index contributed by atoms with van der Waals surface area (Å²) in [5.74, 6) is 2.09. The molecule has 1 atom stereocenters. The molecule has 1 unspecified atom stereocenters. The van der Waals surface area contributed by atoms with Crippen molar-refractivity contribution in [3.05, 3.63) is 29.0 Å². The maximum Gasteiger partial charge on any atom is 0.125 e. The van der Waals surface area contributed by atoms with Crippen molar-refractivity contribution in [1.82, 2.24) is 14.5 Å². The van der Waals surface area contributed by atoms with Gasteiger partial charge in [-0.3, -0.25) is 0 Å². The molecule has 21 heavy (non-hydrogen) atoms. The van der Waals surface area contributed by atoms with Gasteiger partial charge in [0.25, 0.3) is 0 Å². The van der Waals surface area contributed by atoms with Crippen LogP contribution in [0.25, 0.3) is 11.0 Å². The van der Waals surface area contributed by atoms with Crippen LogP contribution in [-0.2, 0) is 5.88 Å². The van der Waals surface area contributed by atoms with Crippen LogP contribution >= 0.6 is 23.2 Å². The van der Waals surface area contributed by atoms with Crippen LogP contribution in [0, 0.1) is 5.92 Å². The Morgan fingerprint density at radius 3 is 2.90 bits per heavy atom. The van der Waals surface area contributed by atoms with E-state index in [2.05, 4.69) is 34.4 Å². The minimum absolute atomic E-state index is 0.437. The lowest BCUT2D eigenvalue weighted by Crippen LogP contribution is -2.26. The first-order valence-corrected chi connectivity index (χ1v) is 8.44. The van der Waals surface area contributed by atoms with E-state index < -0.39 is 0 Å². The second-order valence-corrected chi connectivity index (χ2v) is 6.96. The van der Waals surface area contributed by atoms with Crippen LogP contribution in [0.2, 0.25) is 5.02 Å². The highest BCUT2D eigenvalue weighted by Gasteiger charge is 2.27. The summed E-state index contributed by atoms with van der Waals surface area (Å²) in [6, 6.07) is 6.38. The van der Waals surface area contributed by atoms with Crippen LogP contribution < -0.4 is 0 Å². The van der Waals surface area contributed by atoms with E-state index in [1.807, 2.05) is 12.1 Å². The lowest BCUT2D eigenvalue weighted by Gasteiger charge is -2.20. The van der Waals surface area contributed by atoms with Crippen molar-refractivity contribution < 1.29 is 0 Å². The molecule has 2 heterocycles. The van der Waals surface area contributed by atoms with E-state index in [4.69, 9.17) is 23.2 Å². The molecule has 1 aliphatic rings. The molecule has 1 saturated heterocycles. The van der Waals surface area contributed by atoms with Crippen molar-refractivity contribution in [2.45, 2.75) is 32.2 Å². The predicted octanol–water partition coefficient (Wildman–Crippen LogP) is 4.33. The van der Waals surface area contributed by atoms with Gasteiger partial charge in [-0.25, -0.2) is 4.98 Å². The summed E-state index contributed by atoms with van der Waals surface area (Å²) < 4.78 is 2.32. The molecule has 3 rings (SSSR count). The maximum atomic E-state index is 6.11. The molecule has 0 bridgehead atoms. The van der Waals surface area contributed by atoms with E-state index in [1.54, 1.807) is 0 Å². The number of hydrogen-bond donors (Lipinski definition) is 0. The van der Waals surface area contributed by atoms with Gasteiger partial charge in [-0.1, -0.05) is 25.4 Å². The van der Waals surface area contributed by atoms with Gasteiger partial charge >= 0.3 is 0 Å². The molecule has 2 aromatic rings. The third kappa shape index (κ3) is 3.05. The second kappa shape index (κ2) is 6.15. The Kier molecular flexibility index (Phi) is 4.43. The van der Waals surface area contributed by atoms with Crippen molar-refractivity contribution in [3.8, 4) is 0 Å². The van der Waals surface area contributed by atoms with E-state index in [0.717, 1.165) is 47.9 Å². The van der Waals surface area contributed by atoms with Gasteiger partial charge in [0, 0.05) is 30.7 Å². The zero-order valence-corrected chi connectivity index (χ0v) is 14.0. The lowest BCUT2D eigenvalue weighted by molar-refractivity contribution is 0.287. The third-order valence-corrected chi connectivity index (χ3v) is 4.55. The zero-order chi connectivity index (χ0) is 15.0. The fourth-order valence-electron chi connectivity index (χ4n) is 3.33. The minimum atomic E-state index is 0.437. The number of rotatable bonds is 4. The fraction of sp³-hybridized carbons (Fsp3) is 0.562. The van der Waals surface area contributed by atoms with Crippen LogP contribution in [0.1, 0.15) is 32.1 Å². The molecule has 114 valence electrons. The Labute approximate surface area is 135 Å². The first-order chi connectivity index (χ1) is 10.1. The Morgan fingerprint density at radius 2 is 2.19 bits per heavy atom. The van der Waals surface area contributed by atoms with E-state index in [-0.39, 0.29) is 0 Å². The normalized spacial score (nSPS) is 20.0. The molecular weight excluding hydrogens is 305 g/mol. The quantitative estimate of drug-likeness (QED) is 0.780. The summed E-state index contributed by atoms with van der Waals surface area (Å²) in [4.78, 5) is 7.19. The lowest BCUT2D eigenvalue weighted by atomic mass is 10.2. The summed E-state index contributed by atoms with van der Waals surface area (Å²) in [7, 11) is 0. The van der Waals surface area contributed by atoms with Gasteiger partial charge in [0.2, 0.25) is 0 Å². The highest BCUT2D eigenvalue weighted by Crippen LogP contribution is 2.30. The summed E-state index contributed by atoms with van der Waals surface area (Å²) in [6.07, 6.45) is 1.16. The van der Waals surface area contributed by atoms with Crippen molar-refractivity contribution >= 4 is 34.2 Å². The van der Waals surface area contributed by atoms with Gasteiger partial charge in [-0.2, -0.15) is 0 Å². The van der Waals surface area contributed by atoms with Crippen LogP contribution in [0.5, 0.6) is 0 Å². The molecule has 1 fully saturated rings. The SMILES string of the molecule is CC(C)CN1CCC(n2c(CCl)nc3cc(Cl)ccc32)C1. The van der Waals surface area contributed by atoms with E-state index in [1.165, 1.54) is 0 Å². The zero-order valence-electron chi connectivity index (χ0n) is 12.5. The standard InChI is InChI=1S/C16H21Cl2N3/c1-11(2)9-20-6-5-13(10-20)21-15-4-3-12(18)7-14(15)19-16(21)8-17/h3-4,7,11,13H,5-6,8-10H2,1-2H3. The minimum Gasteiger partial charge on any atom is -0.322 e. The summed E-state index contributed by atoms with van der Waals surface area (Å²) in [6.45, 7) is 7.93. The van der Waals surface area contributed by atoms with E-state index in [0.29, 0.717) is 17.8 Å². The van der Waals surface area contributed by atoms with Crippen molar-refractivity contribution in [3.63, 3.8) is 0 Å². The van der Waals surface area contributed by atoms with Crippen molar-refractivity contribution in [2.24, 2.45) is 5.92 Å². The number of likely N-dealkylation sites (tertiary alicyclic amines) is 1. The Bertz CT molecular complexity index is 636. The van der Waals surface area contributed by atoms with E-state index in [9.17, 15) is 0 Å². The van der Waals surface area contributed by atoms with Gasteiger partial charge in [0.05, 0.1) is 16.9 Å². The first kappa shape index (κ1) is 15.1. The summed E-state index contributed by atoms with van der Waals surface area (Å²) in [5.41, 5.74) is 2.09. The van der Waals surface area contributed by atoms with Gasteiger partial charge in [-0.05, 0) is 30.5 Å². The number of halogens is 2. The third-order valence-electron chi connectivity index (χ3n) is 4.08. The van der Waals surface area contributed by atoms with Crippen LogP contribution in [-0.4, -0.2) is 34.1 Å². The van der Waals surface area contributed by atoms with Gasteiger partial charge in [0.1, 0.15) is 5.82 Å². The molecular formula is C16H21Cl2N3. The predicted molar refractivity (Wildman–Crippen MR) is 89.2 cm³/mol. The number of imidazole rings is 1. The maximum absolute atomic E-state index is 6.11. The average Bonchev–Trinajstić information content (AvgIpc) is 3.00.